The minimum atomic E-state index is -5.08. The summed E-state index contributed by atoms with van der Waals surface area (Å²) in [4.78, 5) is 31.9. The molecule has 1 aromatic carbocycles. The number of aliphatic carboxylic acids is 2. The maximum atomic E-state index is 10.6. The van der Waals surface area contributed by atoms with Crippen LogP contribution >= 0.6 is 11.8 Å². The van der Waals surface area contributed by atoms with Crippen molar-refractivity contribution in [1.29, 1.82) is 5.26 Å². The second kappa shape index (κ2) is 14.5. The first kappa shape index (κ1) is 32.4. The van der Waals surface area contributed by atoms with Crippen molar-refractivity contribution in [3.05, 3.63) is 77.3 Å². The largest absolute Gasteiger partial charge is 0.490 e. The number of fused-ring (bicyclic) bond motifs is 1. The van der Waals surface area contributed by atoms with Gasteiger partial charge < -0.3 is 20.8 Å². The summed E-state index contributed by atoms with van der Waals surface area (Å²) in [7, 11) is 0. The van der Waals surface area contributed by atoms with E-state index in [1.54, 1.807) is 30.2 Å². The molecule has 17 heteroatoms. The summed E-state index contributed by atoms with van der Waals surface area (Å²) in [5.41, 5.74) is 3.11. The van der Waals surface area contributed by atoms with Crippen molar-refractivity contribution in [3.63, 3.8) is 0 Å². The number of nitrogens with one attached hydrogen (secondary N) is 2. The van der Waals surface area contributed by atoms with Crippen LogP contribution in [0.1, 0.15) is 11.4 Å². The molecule has 0 bridgehead atoms. The first-order valence-electron chi connectivity index (χ1n) is 11.0. The molecule has 10 nitrogen and oxygen atoms in total. The van der Waals surface area contributed by atoms with Gasteiger partial charge in [-0.2, -0.15) is 31.6 Å². The number of hydrogen-bond donors (Lipinski definition) is 4. The Morgan fingerprint density at radius 3 is 2.07 bits per heavy atom. The number of benzene rings is 1. The number of pyridine rings is 1. The Morgan fingerprint density at radius 2 is 1.54 bits per heavy atom. The maximum Gasteiger partial charge on any atom is 0.490 e. The Bertz CT molecular complexity index is 1380. The quantitative estimate of drug-likeness (QED) is 0.225. The van der Waals surface area contributed by atoms with Crippen LogP contribution in [0.2, 0.25) is 0 Å². The van der Waals surface area contributed by atoms with Crippen molar-refractivity contribution in [2.75, 3.05) is 17.2 Å². The number of halogens is 6. The molecular weight excluding hydrogens is 582 g/mol. The fraction of sp³-hybridized carbons (Fsp3) is 0.167. The molecule has 0 fully saturated rings. The summed E-state index contributed by atoms with van der Waals surface area (Å²) in [6.07, 6.45) is -5.95. The van der Waals surface area contributed by atoms with Crippen LogP contribution < -0.4 is 10.6 Å². The zero-order valence-corrected chi connectivity index (χ0v) is 21.2. The molecule has 1 aliphatic rings. The average Bonchev–Trinajstić information content (AvgIpc) is 3.33. The van der Waals surface area contributed by atoms with Crippen LogP contribution in [0, 0.1) is 11.3 Å². The van der Waals surface area contributed by atoms with Gasteiger partial charge in [-0.25, -0.2) is 19.6 Å². The van der Waals surface area contributed by atoms with E-state index in [0.29, 0.717) is 23.8 Å². The highest BCUT2D eigenvalue weighted by Crippen LogP contribution is 2.43. The fourth-order valence-corrected chi connectivity index (χ4v) is 3.69. The predicted molar refractivity (Wildman–Crippen MR) is 134 cm³/mol. The van der Waals surface area contributed by atoms with Gasteiger partial charge in [-0.05, 0) is 30.3 Å². The lowest BCUT2D eigenvalue weighted by atomic mass is 10.2. The van der Waals surface area contributed by atoms with E-state index in [4.69, 9.17) is 19.8 Å². The fourth-order valence-electron chi connectivity index (χ4n) is 2.69. The molecule has 0 radical (unpaired) electrons. The lowest BCUT2D eigenvalue weighted by Gasteiger charge is -2.07. The van der Waals surface area contributed by atoms with E-state index < -0.39 is 24.3 Å². The normalized spacial score (nSPS) is 13.1. The van der Waals surface area contributed by atoms with Crippen molar-refractivity contribution in [1.82, 2.24) is 15.0 Å². The highest BCUT2D eigenvalue weighted by molar-refractivity contribution is 8.04. The van der Waals surface area contributed by atoms with Gasteiger partial charge in [0.05, 0.1) is 16.4 Å². The molecule has 2 aromatic heterocycles. The van der Waals surface area contributed by atoms with Crippen molar-refractivity contribution in [2.24, 2.45) is 0 Å². The summed E-state index contributed by atoms with van der Waals surface area (Å²) in [6.45, 7) is 0.664. The van der Waals surface area contributed by atoms with Gasteiger partial charge in [-0.3, -0.25) is 4.98 Å². The Morgan fingerprint density at radius 1 is 0.927 bits per heavy atom. The third-order valence-corrected chi connectivity index (χ3v) is 5.56. The second-order valence-electron chi connectivity index (χ2n) is 7.41. The number of carboxylic acids is 2. The van der Waals surface area contributed by atoms with Gasteiger partial charge >= 0.3 is 24.3 Å². The van der Waals surface area contributed by atoms with Crippen LogP contribution in [0.5, 0.6) is 0 Å². The molecule has 3 heterocycles. The van der Waals surface area contributed by atoms with Crippen molar-refractivity contribution in [2.45, 2.75) is 23.7 Å². The number of nitrogens with zero attached hydrogens (tertiary/aromatic N) is 4. The number of para-hydroxylation sites is 1. The van der Waals surface area contributed by atoms with Crippen LogP contribution in [0.3, 0.4) is 0 Å². The van der Waals surface area contributed by atoms with Crippen molar-refractivity contribution >= 4 is 40.9 Å². The SMILES string of the molecule is N#C/C(=C1/Nc2ccccc2S1)c1ccnc(NCCc2ccccn2)n1.O=C(O)C(F)(F)F.O=C(O)C(F)(F)F. The molecule has 0 aliphatic carbocycles. The van der Waals surface area contributed by atoms with Crippen LogP contribution in [0.4, 0.5) is 38.0 Å². The van der Waals surface area contributed by atoms with E-state index in [1.807, 2.05) is 42.5 Å². The second-order valence-corrected chi connectivity index (χ2v) is 8.46. The molecule has 1 aliphatic heterocycles. The van der Waals surface area contributed by atoms with E-state index in [-0.39, 0.29) is 0 Å². The van der Waals surface area contributed by atoms with E-state index in [1.165, 1.54) is 0 Å². The number of thioether (sulfide) groups is 1. The number of aromatic nitrogens is 3. The lowest BCUT2D eigenvalue weighted by Crippen LogP contribution is -2.21. The molecule has 0 spiro atoms. The summed E-state index contributed by atoms with van der Waals surface area (Å²) in [6, 6.07) is 17.8. The molecule has 0 amide bonds. The minimum absolute atomic E-state index is 0.497. The number of carboxylic acid groups (broad SMARTS) is 2. The topological polar surface area (TPSA) is 161 Å². The molecule has 0 unspecified atom stereocenters. The Kier molecular flexibility index (Phi) is 11.5. The Labute approximate surface area is 231 Å². The number of alkyl halides is 6. The highest BCUT2D eigenvalue weighted by Gasteiger charge is 2.38. The number of rotatable bonds is 5. The number of carbonyl (C=O) groups is 2. The number of allylic oxidation sites excluding steroid dienone is 1. The molecular formula is C24H18F6N6O4S. The predicted octanol–water partition coefficient (Wildman–Crippen LogP) is 5.20. The van der Waals surface area contributed by atoms with Gasteiger partial charge in [0.25, 0.3) is 0 Å². The van der Waals surface area contributed by atoms with E-state index in [0.717, 1.165) is 27.7 Å². The van der Waals surface area contributed by atoms with Crippen LogP contribution in [0.25, 0.3) is 5.57 Å². The van der Waals surface area contributed by atoms with Gasteiger partial charge in [0, 0.05) is 35.9 Å². The Balaban J connectivity index is 0.000000349. The highest BCUT2D eigenvalue weighted by atomic mass is 32.2. The first-order chi connectivity index (χ1) is 19.2. The van der Waals surface area contributed by atoms with Gasteiger partial charge in [0.2, 0.25) is 5.95 Å². The molecule has 0 saturated heterocycles. The molecule has 216 valence electrons. The van der Waals surface area contributed by atoms with Crippen LogP contribution in [-0.2, 0) is 16.0 Å². The summed E-state index contributed by atoms with van der Waals surface area (Å²) in [5, 5.41) is 31.2. The number of hydrogen-bond acceptors (Lipinski definition) is 9. The first-order valence-corrected chi connectivity index (χ1v) is 11.8. The van der Waals surface area contributed by atoms with Gasteiger partial charge in [-0.15, -0.1) is 0 Å². The zero-order chi connectivity index (χ0) is 30.6. The minimum Gasteiger partial charge on any atom is -0.475 e. The molecule has 0 atom stereocenters. The molecule has 0 saturated carbocycles. The third-order valence-electron chi connectivity index (χ3n) is 4.47. The maximum absolute atomic E-state index is 10.6. The molecule has 4 N–H and O–H groups in total. The Hall–Kier alpha value is -4.85. The summed E-state index contributed by atoms with van der Waals surface area (Å²) < 4.78 is 63.5. The van der Waals surface area contributed by atoms with Crippen LogP contribution in [0.15, 0.2) is 70.8 Å². The number of nitriles is 1. The van der Waals surface area contributed by atoms with Crippen LogP contribution in [-0.4, -0.2) is 56.0 Å². The molecule has 4 rings (SSSR count). The molecule has 41 heavy (non-hydrogen) atoms. The summed E-state index contributed by atoms with van der Waals surface area (Å²) >= 11 is 1.54. The standard InChI is InChI=1S/C20H16N6S.2C2HF3O2/c21-13-15(19-25-17-6-1-2-7-18(17)27-19)16-9-12-24-20(26-16)23-11-8-14-5-3-4-10-22-14;2*3-2(4,5)1(6)7/h1-7,9-10,12,25H,8,11H2,(H,23,24,26);2*(H,6,7)/b19-15+;;. The lowest BCUT2D eigenvalue weighted by molar-refractivity contribution is -0.193. The van der Waals surface area contributed by atoms with Gasteiger partial charge in [-0.1, -0.05) is 30.0 Å². The third kappa shape index (κ3) is 10.7. The summed E-state index contributed by atoms with van der Waals surface area (Å²) in [5.74, 6) is -5.02. The average molecular weight is 601 g/mol. The monoisotopic (exact) mass is 600 g/mol. The van der Waals surface area contributed by atoms with Crippen molar-refractivity contribution in [3.8, 4) is 6.07 Å². The van der Waals surface area contributed by atoms with E-state index in [9.17, 15) is 31.6 Å². The zero-order valence-electron chi connectivity index (χ0n) is 20.4. The van der Waals surface area contributed by atoms with E-state index in [2.05, 4.69) is 31.7 Å². The molecule has 3 aromatic rings. The van der Waals surface area contributed by atoms with E-state index >= 15 is 0 Å². The smallest absolute Gasteiger partial charge is 0.475 e. The van der Waals surface area contributed by atoms with Gasteiger partial charge in [0.1, 0.15) is 11.6 Å². The number of anilines is 2. The van der Waals surface area contributed by atoms with Crippen molar-refractivity contribution < 1.29 is 46.1 Å². The van der Waals surface area contributed by atoms with Gasteiger partial charge in [0.15, 0.2) is 0 Å².